The topological polar surface area (TPSA) is 24.9 Å². The Bertz CT molecular complexity index is 519. The highest BCUT2D eigenvalue weighted by atomic mass is 35.5. The zero-order chi connectivity index (χ0) is 13.1. The highest BCUT2D eigenvalue weighted by molar-refractivity contribution is 7.22. The fourth-order valence-corrected chi connectivity index (χ4v) is 3.51. The Morgan fingerprint density at radius 1 is 1.33 bits per heavy atom. The van der Waals surface area contributed by atoms with E-state index in [0.29, 0.717) is 12.0 Å². The first-order valence-electron chi connectivity index (χ1n) is 6.46. The Morgan fingerprint density at radius 2 is 2.06 bits per heavy atom. The van der Waals surface area contributed by atoms with Crippen molar-refractivity contribution >= 4 is 38.3 Å². The lowest BCUT2D eigenvalue weighted by atomic mass is 9.96. The summed E-state index contributed by atoms with van der Waals surface area (Å²) in [6.07, 6.45) is 2.39. The van der Waals surface area contributed by atoms with Gasteiger partial charge in [-0.15, -0.1) is 0 Å². The first-order valence-corrected chi connectivity index (χ1v) is 7.66. The molecule has 2 rings (SSSR count). The molecule has 0 bridgehead atoms. The van der Waals surface area contributed by atoms with Crippen molar-refractivity contribution in [1.29, 1.82) is 0 Å². The van der Waals surface area contributed by atoms with E-state index in [0.717, 1.165) is 20.4 Å². The van der Waals surface area contributed by atoms with Gasteiger partial charge in [0.25, 0.3) is 0 Å². The summed E-state index contributed by atoms with van der Waals surface area (Å²) in [6.45, 7) is 6.71. The van der Waals surface area contributed by atoms with Gasteiger partial charge in [-0.25, -0.2) is 4.98 Å². The molecule has 1 heterocycles. The van der Waals surface area contributed by atoms with Crippen LogP contribution in [0.2, 0.25) is 5.02 Å². The van der Waals surface area contributed by atoms with E-state index >= 15 is 0 Å². The third-order valence-electron chi connectivity index (χ3n) is 3.46. The number of hydrogen-bond donors (Lipinski definition) is 1. The highest BCUT2D eigenvalue weighted by Gasteiger charge is 2.14. The fraction of sp³-hybridized carbons (Fsp3) is 0.500. The van der Waals surface area contributed by atoms with Gasteiger partial charge in [-0.2, -0.15) is 0 Å². The van der Waals surface area contributed by atoms with Crippen molar-refractivity contribution in [3.63, 3.8) is 0 Å². The monoisotopic (exact) mass is 282 g/mol. The molecule has 1 atom stereocenters. The van der Waals surface area contributed by atoms with Crippen LogP contribution in [0.5, 0.6) is 0 Å². The molecule has 0 aliphatic rings. The van der Waals surface area contributed by atoms with Crippen molar-refractivity contribution in [2.75, 3.05) is 5.32 Å². The molecular weight excluding hydrogens is 264 g/mol. The second-order valence-corrected chi connectivity index (χ2v) is 6.11. The molecule has 1 aromatic heterocycles. The van der Waals surface area contributed by atoms with E-state index in [1.165, 1.54) is 12.8 Å². The maximum absolute atomic E-state index is 5.99. The van der Waals surface area contributed by atoms with E-state index in [-0.39, 0.29) is 0 Å². The Morgan fingerprint density at radius 3 is 2.72 bits per heavy atom. The van der Waals surface area contributed by atoms with Crippen LogP contribution in [0.4, 0.5) is 5.13 Å². The summed E-state index contributed by atoms with van der Waals surface area (Å²) in [5.74, 6) is 0.695. The molecule has 0 saturated carbocycles. The van der Waals surface area contributed by atoms with Crippen LogP contribution >= 0.6 is 22.9 Å². The Labute approximate surface area is 117 Å². The van der Waals surface area contributed by atoms with Gasteiger partial charge >= 0.3 is 0 Å². The zero-order valence-electron chi connectivity index (χ0n) is 11.0. The molecule has 2 aromatic rings. The van der Waals surface area contributed by atoms with Crippen molar-refractivity contribution in [3.05, 3.63) is 23.2 Å². The average molecular weight is 283 g/mol. The van der Waals surface area contributed by atoms with E-state index in [4.69, 9.17) is 11.6 Å². The number of halogens is 1. The summed E-state index contributed by atoms with van der Waals surface area (Å²) in [4.78, 5) is 4.59. The first-order chi connectivity index (χ1) is 8.63. The van der Waals surface area contributed by atoms with Crippen molar-refractivity contribution < 1.29 is 0 Å². The predicted octanol–water partition coefficient (Wildman–Crippen LogP) is 5.19. The number of hydrogen-bond acceptors (Lipinski definition) is 3. The molecule has 0 fully saturated rings. The van der Waals surface area contributed by atoms with Crippen molar-refractivity contribution in [3.8, 4) is 0 Å². The quantitative estimate of drug-likeness (QED) is 0.817. The zero-order valence-corrected chi connectivity index (χ0v) is 12.6. The van der Waals surface area contributed by atoms with Crippen molar-refractivity contribution in [1.82, 2.24) is 4.98 Å². The van der Waals surface area contributed by atoms with E-state index in [2.05, 4.69) is 31.1 Å². The van der Waals surface area contributed by atoms with Crippen LogP contribution in [0.1, 0.15) is 33.6 Å². The number of nitrogens with zero attached hydrogens (tertiary/aromatic N) is 1. The van der Waals surface area contributed by atoms with E-state index < -0.39 is 0 Å². The van der Waals surface area contributed by atoms with Gasteiger partial charge in [0.2, 0.25) is 0 Å². The summed E-state index contributed by atoms with van der Waals surface area (Å²) in [6, 6.07) is 6.29. The van der Waals surface area contributed by atoms with Gasteiger partial charge in [-0.1, -0.05) is 49.6 Å². The molecule has 1 unspecified atom stereocenters. The summed E-state index contributed by atoms with van der Waals surface area (Å²) in [7, 11) is 0. The van der Waals surface area contributed by atoms with Gasteiger partial charge in [0.1, 0.15) is 0 Å². The maximum atomic E-state index is 5.99. The number of thiazole rings is 1. The standard InChI is InChI=1S/C14H19ClN2S/c1-4-10(5-2)9(3)16-14-17-12-7-6-11(15)8-13(12)18-14/h6-10H,4-5H2,1-3H3,(H,16,17). The number of aromatic nitrogens is 1. The molecule has 0 saturated heterocycles. The normalized spacial score (nSPS) is 13.2. The minimum absolute atomic E-state index is 0.455. The van der Waals surface area contributed by atoms with Crippen LogP contribution in [0.3, 0.4) is 0 Å². The van der Waals surface area contributed by atoms with Gasteiger partial charge in [0, 0.05) is 11.1 Å². The molecule has 0 radical (unpaired) electrons. The molecule has 2 nitrogen and oxygen atoms in total. The first kappa shape index (κ1) is 13.6. The van der Waals surface area contributed by atoms with E-state index in [1.54, 1.807) is 11.3 Å². The predicted molar refractivity (Wildman–Crippen MR) is 81.8 cm³/mol. The minimum Gasteiger partial charge on any atom is -0.359 e. The van der Waals surface area contributed by atoms with Gasteiger partial charge in [0.05, 0.1) is 10.2 Å². The minimum atomic E-state index is 0.455. The lowest BCUT2D eigenvalue weighted by molar-refractivity contribution is 0.438. The van der Waals surface area contributed by atoms with Crippen LogP contribution in [-0.2, 0) is 0 Å². The van der Waals surface area contributed by atoms with Crippen LogP contribution in [0, 0.1) is 5.92 Å². The molecule has 1 aromatic carbocycles. The number of rotatable bonds is 5. The van der Waals surface area contributed by atoms with E-state index in [9.17, 15) is 0 Å². The van der Waals surface area contributed by atoms with Crippen LogP contribution in [-0.4, -0.2) is 11.0 Å². The lowest BCUT2D eigenvalue weighted by Crippen LogP contribution is -2.24. The Kier molecular flexibility index (Phi) is 4.46. The number of anilines is 1. The smallest absolute Gasteiger partial charge is 0.184 e. The molecule has 98 valence electrons. The number of nitrogens with one attached hydrogen (secondary N) is 1. The second kappa shape index (κ2) is 5.89. The molecule has 0 spiro atoms. The number of fused-ring (bicyclic) bond motifs is 1. The van der Waals surface area contributed by atoms with E-state index in [1.807, 2.05) is 18.2 Å². The fourth-order valence-electron chi connectivity index (χ4n) is 2.27. The summed E-state index contributed by atoms with van der Waals surface area (Å²) in [5.41, 5.74) is 1.02. The summed E-state index contributed by atoms with van der Waals surface area (Å²) >= 11 is 7.66. The third-order valence-corrected chi connectivity index (χ3v) is 4.64. The molecule has 0 aliphatic heterocycles. The largest absolute Gasteiger partial charge is 0.359 e. The molecular formula is C14H19ClN2S. The van der Waals surface area contributed by atoms with Gasteiger partial charge in [-0.05, 0) is 31.0 Å². The van der Waals surface area contributed by atoms with Gasteiger partial charge < -0.3 is 5.32 Å². The summed E-state index contributed by atoms with van der Waals surface area (Å²) in [5, 5.41) is 5.28. The van der Waals surface area contributed by atoms with Crippen molar-refractivity contribution in [2.24, 2.45) is 5.92 Å². The maximum Gasteiger partial charge on any atom is 0.184 e. The van der Waals surface area contributed by atoms with Crippen LogP contribution < -0.4 is 5.32 Å². The Hall–Kier alpha value is -0.800. The molecule has 4 heteroatoms. The number of benzene rings is 1. The SMILES string of the molecule is CCC(CC)C(C)Nc1nc2ccc(Cl)cc2s1. The highest BCUT2D eigenvalue weighted by Crippen LogP contribution is 2.29. The average Bonchev–Trinajstić information content (AvgIpc) is 2.71. The molecule has 0 aliphatic carbocycles. The van der Waals surface area contributed by atoms with Gasteiger partial charge in [-0.3, -0.25) is 0 Å². The third kappa shape index (κ3) is 2.96. The van der Waals surface area contributed by atoms with Gasteiger partial charge in [0.15, 0.2) is 5.13 Å². The molecule has 18 heavy (non-hydrogen) atoms. The Balaban J connectivity index is 2.16. The summed E-state index contributed by atoms with van der Waals surface area (Å²) < 4.78 is 1.14. The lowest BCUT2D eigenvalue weighted by Gasteiger charge is -2.21. The molecule has 1 N–H and O–H groups in total. The van der Waals surface area contributed by atoms with Crippen LogP contribution in [0.15, 0.2) is 18.2 Å². The van der Waals surface area contributed by atoms with Crippen LogP contribution in [0.25, 0.3) is 10.2 Å². The van der Waals surface area contributed by atoms with Crippen molar-refractivity contribution in [2.45, 2.75) is 39.7 Å². The second-order valence-electron chi connectivity index (χ2n) is 4.64. The molecule has 0 amide bonds.